The van der Waals surface area contributed by atoms with Crippen molar-refractivity contribution in [3.8, 4) is 10.6 Å². The topological polar surface area (TPSA) is 69.0 Å². The Morgan fingerprint density at radius 2 is 2.00 bits per heavy atom. The number of rotatable bonds is 5. The van der Waals surface area contributed by atoms with Crippen LogP contribution in [0.5, 0.6) is 0 Å². The van der Waals surface area contributed by atoms with Crippen LogP contribution >= 0.6 is 35.3 Å². The zero-order chi connectivity index (χ0) is 17.2. The van der Waals surface area contributed by atoms with Crippen LogP contribution in [0.4, 0.5) is 0 Å². The average molecular weight is 415 g/mol. The van der Waals surface area contributed by atoms with Gasteiger partial charge in [0.15, 0.2) is 0 Å². The highest BCUT2D eigenvalue weighted by Crippen LogP contribution is 2.30. The van der Waals surface area contributed by atoms with E-state index in [9.17, 15) is 13.2 Å². The van der Waals surface area contributed by atoms with Crippen molar-refractivity contribution >= 4 is 56.7 Å². The fraction of sp³-hybridized carbons (Fsp3) is 0. The number of hydrogen-bond acceptors (Lipinski definition) is 5. The summed E-state index contributed by atoms with van der Waals surface area (Å²) in [6.07, 6.45) is 7.12. The van der Waals surface area contributed by atoms with Gasteiger partial charge in [0, 0.05) is 18.6 Å². The van der Waals surface area contributed by atoms with Crippen molar-refractivity contribution < 1.29 is 13.2 Å². The second kappa shape index (κ2) is 7.97. The Balaban J connectivity index is 0.00000225. The third kappa shape index (κ3) is 4.38. The molecular weight excluding hydrogens is 403 g/mol. The van der Waals surface area contributed by atoms with E-state index in [1.807, 2.05) is 12.1 Å². The third-order valence-corrected chi connectivity index (χ3v) is 6.46. The van der Waals surface area contributed by atoms with E-state index in [1.165, 1.54) is 18.5 Å². The molecule has 3 aromatic rings. The number of aromatic nitrogens is 2. The molecule has 0 saturated carbocycles. The van der Waals surface area contributed by atoms with E-state index in [4.69, 9.17) is 11.6 Å². The smallest absolute Gasteiger partial charge is 0.276 e. The summed E-state index contributed by atoms with van der Waals surface area (Å²) in [4.78, 5) is 15.7. The van der Waals surface area contributed by atoms with Crippen LogP contribution in [-0.2, 0) is 14.8 Å². The molecule has 3 heterocycles. The molecule has 0 fully saturated rings. The predicted molar refractivity (Wildman–Crippen MR) is 102 cm³/mol. The largest absolute Gasteiger partial charge is 0.277 e. The molecule has 130 valence electrons. The summed E-state index contributed by atoms with van der Waals surface area (Å²) >= 11 is 6.38. The van der Waals surface area contributed by atoms with E-state index in [2.05, 4.69) is 4.98 Å². The highest BCUT2D eigenvalue weighted by atomic mass is 35.5. The van der Waals surface area contributed by atoms with Crippen molar-refractivity contribution in [2.45, 2.75) is 4.21 Å². The summed E-state index contributed by atoms with van der Waals surface area (Å²) in [7, 11) is -3.69. The highest BCUT2D eigenvalue weighted by molar-refractivity contribution is 7.92. The van der Waals surface area contributed by atoms with Crippen molar-refractivity contribution in [1.29, 1.82) is 0 Å². The van der Waals surface area contributed by atoms with Crippen LogP contribution in [0.15, 0.2) is 65.3 Å². The zero-order valence-electron chi connectivity index (χ0n) is 12.6. The number of thiophene rings is 1. The highest BCUT2D eigenvalue weighted by Gasteiger charge is 2.19. The lowest BCUT2D eigenvalue weighted by Crippen LogP contribution is -2.08. The molecule has 25 heavy (non-hydrogen) atoms. The van der Waals surface area contributed by atoms with Gasteiger partial charge in [-0.1, -0.05) is 6.07 Å². The molecule has 0 atom stereocenters. The molecule has 0 aliphatic carbocycles. The van der Waals surface area contributed by atoms with Crippen LogP contribution in [-0.4, -0.2) is 22.6 Å². The van der Waals surface area contributed by atoms with Gasteiger partial charge in [0.2, 0.25) is 5.24 Å². The molecule has 0 aliphatic rings. The normalized spacial score (nSPS) is 11.4. The minimum Gasteiger partial charge on any atom is -0.276 e. The molecule has 0 aliphatic heterocycles. The Kier molecular flexibility index (Phi) is 6.18. The van der Waals surface area contributed by atoms with E-state index < -0.39 is 15.3 Å². The Morgan fingerprint density at radius 3 is 2.68 bits per heavy atom. The number of carbonyl (C=O) groups excluding carboxylic acids is 1. The van der Waals surface area contributed by atoms with Crippen LogP contribution in [0, 0.1) is 0 Å². The Morgan fingerprint density at radius 1 is 1.20 bits per heavy atom. The lowest BCUT2D eigenvalue weighted by Gasteiger charge is -2.02. The maximum atomic E-state index is 12.7. The van der Waals surface area contributed by atoms with Gasteiger partial charge in [0.1, 0.15) is 4.21 Å². The molecule has 0 bridgehead atoms. The maximum Gasteiger partial charge on any atom is 0.277 e. The van der Waals surface area contributed by atoms with Gasteiger partial charge in [0.05, 0.1) is 10.6 Å². The van der Waals surface area contributed by atoms with E-state index in [0.29, 0.717) is 5.56 Å². The standard InChI is InChI=1S/C16H11ClN2O3S2.ClH/c17-15(20)6-4-12-8-10-19(11-12)24(21,22)16-7-5-14(23-16)13-3-1-2-9-18-13;/h1-11H;1H/b6-4+;. The molecule has 0 spiro atoms. The Labute approximate surface area is 160 Å². The number of pyridine rings is 1. The Bertz CT molecular complexity index is 1010. The van der Waals surface area contributed by atoms with Gasteiger partial charge >= 0.3 is 0 Å². The number of nitrogens with zero attached hydrogens (tertiary/aromatic N) is 2. The van der Waals surface area contributed by atoms with Crippen molar-refractivity contribution in [2.24, 2.45) is 0 Å². The molecule has 5 nitrogen and oxygen atoms in total. The second-order valence-corrected chi connectivity index (χ2v) is 8.28. The van der Waals surface area contributed by atoms with Gasteiger partial charge in [-0.05, 0) is 59.6 Å². The molecule has 3 rings (SSSR count). The first-order valence-electron chi connectivity index (χ1n) is 6.79. The van der Waals surface area contributed by atoms with E-state index >= 15 is 0 Å². The van der Waals surface area contributed by atoms with E-state index in [-0.39, 0.29) is 16.6 Å². The molecule has 0 amide bonds. The SMILES string of the molecule is Cl.O=C(Cl)/C=C/c1ccn(S(=O)(=O)c2ccc(-c3ccccn3)s2)c1. The van der Waals surface area contributed by atoms with E-state index in [1.54, 1.807) is 30.5 Å². The molecule has 0 unspecified atom stereocenters. The summed E-state index contributed by atoms with van der Waals surface area (Å²) in [5.74, 6) is 0. The van der Waals surface area contributed by atoms with Gasteiger partial charge in [-0.2, -0.15) is 8.42 Å². The van der Waals surface area contributed by atoms with Gasteiger partial charge in [-0.3, -0.25) is 9.78 Å². The summed E-state index contributed by atoms with van der Waals surface area (Å²) in [5, 5.41) is -0.621. The minimum atomic E-state index is -3.69. The Hall–Kier alpha value is -1.93. The number of halogens is 2. The summed E-state index contributed by atoms with van der Waals surface area (Å²) in [6, 6.07) is 10.3. The zero-order valence-corrected chi connectivity index (χ0v) is 15.8. The average Bonchev–Trinajstić information content (AvgIpc) is 3.24. The number of hydrogen-bond donors (Lipinski definition) is 0. The fourth-order valence-electron chi connectivity index (χ4n) is 2.01. The summed E-state index contributed by atoms with van der Waals surface area (Å²) in [6.45, 7) is 0. The van der Waals surface area contributed by atoms with Crippen LogP contribution in [0.1, 0.15) is 5.56 Å². The van der Waals surface area contributed by atoms with Crippen LogP contribution in [0.3, 0.4) is 0 Å². The lowest BCUT2D eigenvalue weighted by molar-refractivity contribution is -0.107. The molecule has 0 saturated heterocycles. The molecule has 0 N–H and O–H groups in total. The molecule has 3 aromatic heterocycles. The minimum absolute atomic E-state index is 0. The van der Waals surface area contributed by atoms with Gasteiger partial charge in [0.25, 0.3) is 10.0 Å². The van der Waals surface area contributed by atoms with Crippen molar-refractivity contribution in [3.63, 3.8) is 0 Å². The van der Waals surface area contributed by atoms with Gasteiger partial charge in [-0.25, -0.2) is 3.97 Å². The van der Waals surface area contributed by atoms with Gasteiger partial charge < -0.3 is 0 Å². The summed E-state index contributed by atoms with van der Waals surface area (Å²) < 4.78 is 26.7. The van der Waals surface area contributed by atoms with Crippen molar-refractivity contribution in [2.75, 3.05) is 0 Å². The monoisotopic (exact) mass is 414 g/mol. The fourth-order valence-corrected chi connectivity index (χ4v) is 4.67. The summed E-state index contributed by atoms with van der Waals surface area (Å²) in [5.41, 5.74) is 1.29. The van der Waals surface area contributed by atoms with Crippen LogP contribution < -0.4 is 0 Å². The molecule has 9 heteroatoms. The quantitative estimate of drug-likeness (QED) is 0.466. The van der Waals surface area contributed by atoms with Crippen LogP contribution in [0.2, 0.25) is 0 Å². The van der Waals surface area contributed by atoms with Crippen molar-refractivity contribution in [1.82, 2.24) is 8.96 Å². The van der Waals surface area contributed by atoms with Gasteiger partial charge in [-0.15, -0.1) is 23.7 Å². The third-order valence-electron chi connectivity index (χ3n) is 3.13. The van der Waals surface area contributed by atoms with E-state index in [0.717, 1.165) is 32.0 Å². The van der Waals surface area contributed by atoms with Crippen molar-refractivity contribution in [3.05, 3.63) is 66.6 Å². The maximum absolute atomic E-state index is 12.7. The first-order valence-corrected chi connectivity index (χ1v) is 9.42. The first kappa shape index (κ1) is 19.4. The second-order valence-electron chi connectivity index (χ2n) is 4.75. The first-order chi connectivity index (χ1) is 11.5. The van der Waals surface area contributed by atoms with Crippen LogP contribution in [0.25, 0.3) is 16.6 Å². The predicted octanol–water partition coefficient (Wildman–Crippen LogP) is 4.05. The number of carbonyl (C=O) groups is 1. The molecular formula is C16H12Cl2N2O3S2. The number of allylic oxidation sites excluding steroid dienone is 1. The molecule has 0 aromatic carbocycles. The lowest BCUT2D eigenvalue weighted by atomic mass is 10.3. The molecule has 0 radical (unpaired) electrons.